The summed E-state index contributed by atoms with van der Waals surface area (Å²) in [7, 11) is 1.56. The van der Waals surface area contributed by atoms with Gasteiger partial charge < -0.3 is 9.47 Å². The van der Waals surface area contributed by atoms with Crippen LogP contribution >= 0.6 is 23.2 Å². The number of ether oxygens (including phenoxy) is 2. The molecular weight excluding hydrogens is 414 g/mol. The lowest BCUT2D eigenvalue weighted by Crippen LogP contribution is -2.00. The molecule has 148 valence electrons. The van der Waals surface area contributed by atoms with Crippen molar-refractivity contribution in [3.63, 3.8) is 0 Å². The number of hydrogen-bond donors (Lipinski definition) is 0. The van der Waals surface area contributed by atoms with Gasteiger partial charge in [-0.3, -0.25) is 4.79 Å². The molecule has 0 N–H and O–H groups in total. The van der Waals surface area contributed by atoms with Gasteiger partial charge in [-0.15, -0.1) is 0 Å². The predicted octanol–water partition coefficient (Wildman–Crippen LogP) is 6.62. The van der Waals surface area contributed by atoms with E-state index in [-0.39, 0.29) is 17.4 Å². The highest BCUT2D eigenvalue weighted by Gasteiger charge is 2.08. The fourth-order valence-corrected chi connectivity index (χ4v) is 2.99. The Kier molecular flexibility index (Phi) is 6.91. The molecule has 3 nitrogen and oxygen atoms in total. The van der Waals surface area contributed by atoms with Gasteiger partial charge >= 0.3 is 0 Å². The third-order valence-electron chi connectivity index (χ3n) is 4.14. The van der Waals surface area contributed by atoms with Gasteiger partial charge in [0.25, 0.3) is 0 Å². The standard InChI is InChI=1S/C23H17Cl2FO3/c1-28-22-10-3-15(2-9-21(27)16-4-6-18(24)7-5-16)12-17(22)14-29-23-11-8-19(26)13-20(23)25/h2-13H,14H2,1H3/b9-2+. The Hall–Kier alpha value is -2.82. The van der Waals surface area contributed by atoms with Gasteiger partial charge in [-0.1, -0.05) is 35.3 Å². The molecular formula is C23H17Cl2FO3. The van der Waals surface area contributed by atoms with Gasteiger partial charge in [-0.05, 0) is 66.2 Å². The molecule has 6 heteroatoms. The van der Waals surface area contributed by atoms with Crippen molar-refractivity contribution in [3.05, 3.63) is 99.3 Å². The number of ketones is 1. The maximum absolute atomic E-state index is 13.2. The van der Waals surface area contributed by atoms with E-state index < -0.39 is 5.82 Å². The van der Waals surface area contributed by atoms with E-state index in [0.717, 1.165) is 11.1 Å². The average molecular weight is 431 g/mol. The molecule has 3 rings (SSSR count). The highest BCUT2D eigenvalue weighted by atomic mass is 35.5. The van der Waals surface area contributed by atoms with Crippen molar-refractivity contribution >= 4 is 35.1 Å². The molecule has 0 aliphatic carbocycles. The summed E-state index contributed by atoms with van der Waals surface area (Å²) in [6.45, 7) is 0.168. The van der Waals surface area contributed by atoms with Crippen LogP contribution in [0.15, 0.2) is 66.7 Å². The molecule has 0 atom stereocenters. The van der Waals surface area contributed by atoms with Crippen LogP contribution < -0.4 is 9.47 Å². The number of carbonyl (C=O) groups excluding carboxylic acids is 1. The van der Waals surface area contributed by atoms with Crippen molar-refractivity contribution in [2.24, 2.45) is 0 Å². The molecule has 0 aromatic heterocycles. The molecule has 0 saturated carbocycles. The van der Waals surface area contributed by atoms with E-state index in [0.29, 0.717) is 22.1 Å². The summed E-state index contributed by atoms with van der Waals surface area (Å²) in [5, 5.41) is 0.764. The van der Waals surface area contributed by atoms with Crippen LogP contribution in [0.1, 0.15) is 21.5 Å². The van der Waals surface area contributed by atoms with E-state index >= 15 is 0 Å². The van der Waals surface area contributed by atoms with E-state index in [2.05, 4.69) is 0 Å². The first-order chi connectivity index (χ1) is 14.0. The van der Waals surface area contributed by atoms with E-state index in [4.69, 9.17) is 32.7 Å². The van der Waals surface area contributed by atoms with Gasteiger partial charge in [0, 0.05) is 16.1 Å². The molecule has 0 aliphatic rings. The molecule has 3 aromatic carbocycles. The summed E-state index contributed by atoms with van der Waals surface area (Å²) in [5.41, 5.74) is 2.11. The van der Waals surface area contributed by atoms with Crippen molar-refractivity contribution in [2.45, 2.75) is 6.61 Å². The monoisotopic (exact) mass is 430 g/mol. The van der Waals surface area contributed by atoms with E-state index in [1.54, 1.807) is 43.5 Å². The van der Waals surface area contributed by atoms with E-state index in [9.17, 15) is 9.18 Å². The second kappa shape index (κ2) is 9.59. The first-order valence-corrected chi connectivity index (χ1v) is 9.44. The number of halogens is 3. The fraction of sp³-hybridized carbons (Fsp3) is 0.0870. The second-order valence-electron chi connectivity index (χ2n) is 6.14. The Morgan fingerprint density at radius 3 is 2.41 bits per heavy atom. The number of hydrogen-bond acceptors (Lipinski definition) is 3. The normalized spacial score (nSPS) is 10.9. The van der Waals surface area contributed by atoms with Crippen LogP contribution in [0.4, 0.5) is 4.39 Å². The zero-order valence-corrected chi connectivity index (χ0v) is 17.0. The Bertz CT molecular complexity index is 1050. The average Bonchev–Trinajstić information content (AvgIpc) is 2.72. The molecule has 0 radical (unpaired) electrons. The zero-order valence-electron chi connectivity index (χ0n) is 15.5. The maximum Gasteiger partial charge on any atom is 0.185 e. The number of benzene rings is 3. The Morgan fingerprint density at radius 1 is 1.00 bits per heavy atom. The quantitative estimate of drug-likeness (QED) is 0.312. The minimum Gasteiger partial charge on any atom is -0.496 e. The largest absolute Gasteiger partial charge is 0.496 e. The van der Waals surface area contributed by atoms with Gasteiger partial charge in [-0.25, -0.2) is 4.39 Å². The minimum atomic E-state index is -0.433. The third-order valence-corrected chi connectivity index (χ3v) is 4.68. The Labute approximate surface area is 178 Å². The molecule has 0 heterocycles. The third kappa shape index (κ3) is 5.59. The summed E-state index contributed by atoms with van der Waals surface area (Å²) in [6.07, 6.45) is 3.21. The lowest BCUT2D eigenvalue weighted by molar-refractivity contribution is 0.104. The van der Waals surface area contributed by atoms with Gasteiger partial charge in [0.1, 0.15) is 23.9 Å². The van der Waals surface area contributed by atoms with Crippen LogP contribution in [0.3, 0.4) is 0 Å². The first-order valence-electron chi connectivity index (χ1n) is 8.69. The molecule has 0 unspecified atom stereocenters. The first kappa shape index (κ1) is 20.9. The minimum absolute atomic E-state index is 0.131. The number of methoxy groups -OCH3 is 1. The number of allylic oxidation sites excluding steroid dienone is 1. The van der Waals surface area contributed by atoms with Crippen LogP contribution in [-0.2, 0) is 6.61 Å². The van der Waals surface area contributed by atoms with Crippen molar-refractivity contribution in [1.29, 1.82) is 0 Å². The Morgan fingerprint density at radius 2 is 1.72 bits per heavy atom. The van der Waals surface area contributed by atoms with Crippen LogP contribution in [0, 0.1) is 5.82 Å². The van der Waals surface area contributed by atoms with E-state index in [1.807, 2.05) is 12.1 Å². The molecule has 3 aromatic rings. The number of rotatable bonds is 7. The van der Waals surface area contributed by atoms with Crippen molar-refractivity contribution in [1.82, 2.24) is 0 Å². The highest BCUT2D eigenvalue weighted by Crippen LogP contribution is 2.28. The summed E-state index contributed by atoms with van der Waals surface area (Å²) in [5.74, 6) is 0.434. The summed E-state index contributed by atoms with van der Waals surface area (Å²) >= 11 is 11.8. The summed E-state index contributed by atoms with van der Waals surface area (Å²) in [6, 6.07) is 16.1. The van der Waals surface area contributed by atoms with Crippen LogP contribution in [0.2, 0.25) is 10.0 Å². The topological polar surface area (TPSA) is 35.5 Å². The molecule has 0 spiro atoms. The summed E-state index contributed by atoms with van der Waals surface area (Å²) in [4.78, 5) is 12.3. The molecule has 0 fully saturated rings. The van der Waals surface area contributed by atoms with Crippen LogP contribution in [0.25, 0.3) is 6.08 Å². The summed E-state index contributed by atoms with van der Waals surface area (Å²) < 4.78 is 24.2. The SMILES string of the molecule is COc1ccc(/C=C/C(=O)c2ccc(Cl)cc2)cc1COc1ccc(F)cc1Cl. The van der Waals surface area contributed by atoms with Crippen molar-refractivity contribution in [2.75, 3.05) is 7.11 Å². The van der Waals surface area contributed by atoms with Gasteiger partial charge in [0.15, 0.2) is 5.78 Å². The fourth-order valence-electron chi connectivity index (χ4n) is 2.65. The molecule has 0 saturated heterocycles. The molecule has 0 amide bonds. The van der Waals surface area contributed by atoms with Gasteiger partial charge in [0.2, 0.25) is 0 Å². The lowest BCUT2D eigenvalue weighted by atomic mass is 10.1. The van der Waals surface area contributed by atoms with E-state index in [1.165, 1.54) is 24.3 Å². The second-order valence-corrected chi connectivity index (χ2v) is 6.98. The highest BCUT2D eigenvalue weighted by molar-refractivity contribution is 6.32. The van der Waals surface area contributed by atoms with Gasteiger partial charge in [-0.2, -0.15) is 0 Å². The molecule has 29 heavy (non-hydrogen) atoms. The zero-order chi connectivity index (χ0) is 20.8. The van der Waals surface area contributed by atoms with Crippen LogP contribution in [0.5, 0.6) is 11.5 Å². The maximum atomic E-state index is 13.2. The molecule has 0 aliphatic heterocycles. The Balaban J connectivity index is 1.75. The number of carbonyl (C=O) groups is 1. The van der Waals surface area contributed by atoms with Gasteiger partial charge in [0.05, 0.1) is 12.1 Å². The smallest absolute Gasteiger partial charge is 0.185 e. The predicted molar refractivity (Wildman–Crippen MR) is 114 cm³/mol. The lowest BCUT2D eigenvalue weighted by Gasteiger charge is -2.12. The van der Waals surface area contributed by atoms with Crippen molar-refractivity contribution < 1.29 is 18.7 Å². The van der Waals surface area contributed by atoms with Crippen LogP contribution in [-0.4, -0.2) is 12.9 Å². The van der Waals surface area contributed by atoms with Crippen molar-refractivity contribution in [3.8, 4) is 11.5 Å². The molecule has 0 bridgehead atoms.